The van der Waals surface area contributed by atoms with Gasteiger partial charge in [-0.15, -0.1) is 0 Å². The fourth-order valence-electron chi connectivity index (χ4n) is 1.67. The molecule has 0 fully saturated rings. The fraction of sp³-hybridized carbons (Fsp3) is 0.133. The first-order valence-corrected chi connectivity index (χ1v) is 7.04. The topological polar surface area (TPSA) is 53.2 Å². The maximum Gasteiger partial charge on any atom is 0.318 e. The molecule has 2 aromatic rings. The summed E-state index contributed by atoms with van der Waals surface area (Å²) in [6, 6.07) is 15.5. The van der Waals surface area contributed by atoms with Crippen molar-refractivity contribution in [3.63, 3.8) is 0 Å². The number of nitrogens with one attached hydrogen (secondary N) is 3. The highest BCUT2D eigenvalue weighted by atomic mass is 79.9. The van der Waals surface area contributed by atoms with Crippen LogP contribution in [0.5, 0.6) is 0 Å². The molecule has 2 aromatic carbocycles. The molecule has 0 unspecified atom stereocenters. The zero-order valence-corrected chi connectivity index (χ0v) is 12.7. The van der Waals surface area contributed by atoms with Gasteiger partial charge in [0.25, 0.3) is 0 Å². The first-order valence-electron chi connectivity index (χ1n) is 6.24. The number of rotatable bonds is 4. The molecule has 0 saturated heterocycles. The number of carbonyl (C=O) groups is 1. The van der Waals surface area contributed by atoms with Crippen molar-refractivity contribution in [1.29, 1.82) is 0 Å². The summed E-state index contributed by atoms with van der Waals surface area (Å²) in [7, 11) is 1.59. The predicted octanol–water partition coefficient (Wildman–Crippen LogP) is 3.81. The summed E-state index contributed by atoms with van der Waals surface area (Å²) in [5.41, 5.74) is 2.98. The van der Waals surface area contributed by atoms with Gasteiger partial charge in [0.2, 0.25) is 0 Å². The zero-order valence-electron chi connectivity index (χ0n) is 11.1. The lowest BCUT2D eigenvalue weighted by atomic mass is 10.2. The highest BCUT2D eigenvalue weighted by Crippen LogP contribution is 2.15. The lowest BCUT2D eigenvalue weighted by molar-refractivity contribution is 0.254. The molecule has 0 aromatic heterocycles. The largest absolute Gasteiger partial charge is 0.381 e. The molecule has 5 heteroatoms. The van der Waals surface area contributed by atoms with Crippen LogP contribution >= 0.6 is 15.9 Å². The molecule has 20 heavy (non-hydrogen) atoms. The van der Waals surface area contributed by atoms with E-state index in [-0.39, 0.29) is 6.03 Å². The molecule has 0 atom stereocenters. The van der Waals surface area contributed by atoms with E-state index in [1.165, 1.54) is 5.56 Å². The number of carbonyl (C=O) groups excluding carboxylic acids is 1. The van der Waals surface area contributed by atoms with Crippen molar-refractivity contribution in [2.24, 2.45) is 0 Å². The Bertz CT molecular complexity index is 567. The molecular weight excluding hydrogens is 318 g/mol. The molecule has 3 N–H and O–H groups in total. The van der Waals surface area contributed by atoms with Crippen LogP contribution in [0.25, 0.3) is 0 Å². The van der Waals surface area contributed by atoms with Crippen molar-refractivity contribution in [2.75, 3.05) is 17.7 Å². The molecule has 0 bridgehead atoms. The second-order valence-electron chi connectivity index (χ2n) is 4.26. The standard InChI is InChI=1S/C15H16BrN3O/c1-17-15(20)19-14-8-6-13(7-9-14)18-10-11-2-4-12(16)5-3-11/h2-9,18H,10H2,1H3,(H2,17,19,20). The maximum atomic E-state index is 11.2. The van der Waals surface area contributed by atoms with E-state index in [1.54, 1.807) is 7.05 Å². The van der Waals surface area contributed by atoms with E-state index in [4.69, 9.17) is 0 Å². The van der Waals surface area contributed by atoms with E-state index in [0.29, 0.717) is 0 Å². The smallest absolute Gasteiger partial charge is 0.318 e. The summed E-state index contributed by atoms with van der Waals surface area (Å²) in [6.45, 7) is 0.759. The van der Waals surface area contributed by atoms with Gasteiger partial charge in [0, 0.05) is 29.4 Å². The maximum absolute atomic E-state index is 11.2. The van der Waals surface area contributed by atoms with Gasteiger partial charge >= 0.3 is 6.03 Å². The van der Waals surface area contributed by atoms with E-state index >= 15 is 0 Å². The van der Waals surface area contributed by atoms with Gasteiger partial charge < -0.3 is 16.0 Å². The zero-order chi connectivity index (χ0) is 14.4. The lowest BCUT2D eigenvalue weighted by Crippen LogP contribution is -2.24. The van der Waals surface area contributed by atoms with E-state index in [9.17, 15) is 4.79 Å². The van der Waals surface area contributed by atoms with E-state index < -0.39 is 0 Å². The molecule has 104 valence electrons. The second-order valence-corrected chi connectivity index (χ2v) is 5.18. The van der Waals surface area contributed by atoms with Crippen LogP contribution in [0.4, 0.5) is 16.2 Å². The van der Waals surface area contributed by atoms with Gasteiger partial charge in [-0.2, -0.15) is 0 Å². The number of benzene rings is 2. The second kappa shape index (κ2) is 6.96. The number of halogens is 1. The Morgan fingerprint density at radius 2 is 1.60 bits per heavy atom. The van der Waals surface area contributed by atoms with Gasteiger partial charge in [0.1, 0.15) is 0 Å². The van der Waals surface area contributed by atoms with E-state index in [1.807, 2.05) is 36.4 Å². The van der Waals surface area contributed by atoms with Gasteiger partial charge in [-0.3, -0.25) is 0 Å². The molecule has 0 saturated carbocycles. The third-order valence-electron chi connectivity index (χ3n) is 2.78. The van der Waals surface area contributed by atoms with Crippen LogP contribution in [0.15, 0.2) is 53.0 Å². The van der Waals surface area contributed by atoms with Crippen LogP contribution in [0.2, 0.25) is 0 Å². The monoisotopic (exact) mass is 333 g/mol. The number of amides is 2. The first-order chi connectivity index (χ1) is 9.67. The van der Waals surface area contributed by atoms with Gasteiger partial charge in [-0.1, -0.05) is 28.1 Å². The number of urea groups is 1. The van der Waals surface area contributed by atoms with Crippen LogP contribution < -0.4 is 16.0 Å². The minimum Gasteiger partial charge on any atom is -0.381 e. The summed E-state index contributed by atoms with van der Waals surface area (Å²) in [4.78, 5) is 11.2. The van der Waals surface area contributed by atoms with Crippen molar-refractivity contribution in [1.82, 2.24) is 5.32 Å². The summed E-state index contributed by atoms with van der Waals surface area (Å²) < 4.78 is 1.07. The van der Waals surface area contributed by atoms with Crippen molar-refractivity contribution in [3.8, 4) is 0 Å². The van der Waals surface area contributed by atoms with Crippen molar-refractivity contribution >= 4 is 33.3 Å². The molecular formula is C15H16BrN3O. The normalized spacial score (nSPS) is 9.90. The minimum atomic E-state index is -0.222. The predicted molar refractivity (Wildman–Crippen MR) is 86.0 cm³/mol. The SMILES string of the molecule is CNC(=O)Nc1ccc(NCc2ccc(Br)cc2)cc1. The average Bonchev–Trinajstić information content (AvgIpc) is 2.48. The molecule has 0 spiro atoms. The molecule has 0 aliphatic heterocycles. The average molecular weight is 334 g/mol. The molecule has 2 amide bonds. The summed E-state index contributed by atoms with van der Waals surface area (Å²) in [5, 5.41) is 8.56. The van der Waals surface area contributed by atoms with Gasteiger partial charge in [0.15, 0.2) is 0 Å². The first kappa shape index (κ1) is 14.4. The third kappa shape index (κ3) is 4.28. The van der Waals surface area contributed by atoms with E-state index in [0.717, 1.165) is 22.4 Å². The van der Waals surface area contributed by atoms with Crippen LogP contribution in [0.3, 0.4) is 0 Å². The molecule has 0 aliphatic carbocycles. The number of hydrogen-bond acceptors (Lipinski definition) is 2. The Morgan fingerprint density at radius 1 is 1.00 bits per heavy atom. The minimum absolute atomic E-state index is 0.222. The Kier molecular flexibility index (Phi) is 5.01. The van der Waals surface area contributed by atoms with E-state index in [2.05, 4.69) is 44.0 Å². The number of anilines is 2. The molecule has 4 nitrogen and oxygen atoms in total. The summed E-state index contributed by atoms with van der Waals surface area (Å²) in [6.07, 6.45) is 0. The Hall–Kier alpha value is -2.01. The quantitative estimate of drug-likeness (QED) is 0.796. The van der Waals surface area contributed by atoms with Gasteiger partial charge in [-0.05, 0) is 42.0 Å². The highest BCUT2D eigenvalue weighted by molar-refractivity contribution is 9.10. The van der Waals surface area contributed by atoms with Crippen LogP contribution in [0.1, 0.15) is 5.56 Å². The Labute approximate surface area is 126 Å². The highest BCUT2D eigenvalue weighted by Gasteiger charge is 1.99. The van der Waals surface area contributed by atoms with Crippen LogP contribution in [-0.4, -0.2) is 13.1 Å². The molecule has 2 rings (SSSR count). The van der Waals surface area contributed by atoms with Crippen LogP contribution in [0, 0.1) is 0 Å². The van der Waals surface area contributed by atoms with Crippen LogP contribution in [-0.2, 0) is 6.54 Å². The fourth-order valence-corrected chi connectivity index (χ4v) is 1.94. The van der Waals surface area contributed by atoms with Gasteiger partial charge in [0.05, 0.1) is 0 Å². The third-order valence-corrected chi connectivity index (χ3v) is 3.31. The Morgan fingerprint density at radius 3 is 2.20 bits per heavy atom. The summed E-state index contributed by atoms with van der Waals surface area (Å²) in [5.74, 6) is 0. The number of hydrogen-bond donors (Lipinski definition) is 3. The van der Waals surface area contributed by atoms with Crippen molar-refractivity contribution < 1.29 is 4.79 Å². The summed E-state index contributed by atoms with van der Waals surface area (Å²) >= 11 is 3.41. The molecule has 0 aliphatic rings. The van der Waals surface area contributed by atoms with Crippen molar-refractivity contribution in [3.05, 3.63) is 58.6 Å². The van der Waals surface area contributed by atoms with Gasteiger partial charge in [-0.25, -0.2) is 4.79 Å². The Balaban J connectivity index is 1.90. The molecule has 0 heterocycles. The van der Waals surface area contributed by atoms with Crippen molar-refractivity contribution in [2.45, 2.75) is 6.54 Å². The molecule has 0 radical (unpaired) electrons. The lowest BCUT2D eigenvalue weighted by Gasteiger charge is -2.08.